The Morgan fingerprint density at radius 3 is 2.73 bits per heavy atom. The minimum absolute atomic E-state index is 0.0468. The van der Waals surface area contributed by atoms with Gasteiger partial charge in [0.25, 0.3) is 5.92 Å². The third-order valence-electron chi connectivity index (χ3n) is 3.77. The van der Waals surface area contributed by atoms with Gasteiger partial charge in [-0.15, -0.1) is 0 Å². The van der Waals surface area contributed by atoms with Crippen molar-refractivity contribution in [3.63, 3.8) is 0 Å². The van der Waals surface area contributed by atoms with Gasteiger partial charge in [-0.2, -0.15) is 0 Å². The lowest BCUT2D eigenvalue weighted by Crippen LogP contribution is -2.34. The van der Waals surface area contributed by atoms with Crippen molar-refractivity contribution in [3.8, 4) is 0 Å². The first-order chi connectivity index (χ1) is 10.4. The van der Waals surface area contributed by atoms with Crippen molar-refractivity contribution < 1.29 is 32.5 Å². The molecule has 2 fully saturated rings. The summed E-state index contributed by atoms with van der Waals surface area (Å²) in [5.74, 6) is -4.12. The van der Waals surface area contributed by atoms with Crippen LogP contribution in [0.5, 0.6) is 0 Å². The van der Waals surface area contributed by atoms with Gasteiger partial charge in [-0.3, -0.25) is 4.79 Å². The summed E-state index contributed by atoms with van der Waals surface area (Å²) in [7, 11) is 0. The van der Waals surface area contributed by atoms with Crippen LogP contribution in [0.25, 0.3) is 0 Å². The number of ether oxygens (including phenoxy) is 4. The Hall–Kier alpha value is -0.790. The molecular weight excluding hydrogens is 298 g/mol. The van der Waals surface area contributed by atoms with Crippen LogP contribution in [0.15, 0.2) is 0 Å². The van der Waals surface area contributed by atoms with Crippen molar-refractivity contribution in [2.45, 2.75) is 63.3 Å². The van der Waals surface area contributed by atoms with Gasteiger partial charge in [0, 0.05) is 19.8 Å². The Kier molecular flexibility index (Phi) is 6.11. The van der Waals surface area contributed by atoms with Gasteiger partial charge in [-0.1, -0.05) is 6.42 Å². The van der Waals surface area contributed by atoms with Crippen LogP contribution in [0.1, 0.15) is 45.4 Å². The molecule has 0 aromatic rings. The summed E-state index contributed by atoms with van der Waals surface area (Å²) in [6, 6.07) is 0. The van der Waals surface area contributed by atoms with Gasteiger partial charge in [-0.05, 0) is 12.8 Å². The van der Waals surface area contributed by atoms with Crippen LogP contribution >= 0.6 is 0 Å². The average Bonchev–Trinajstić information content (AvgIpc) is 2.84. The molecule has 1 aliphatic carbocycles. The SMILES string of the molecule is CC(F)(F)COC(=O)CCOCC1COC2(CCCCC2)O1. The fourth-order valence-corrected chi connectivity index (χ4v) is 2.70. The van der Waals surface area contributed by atoms with Crippen molar-refractivity contribution in [1.29, 1.82) is 0 Å². The number of rotatable bonds is 7. The van der Waals surface area contributed by atoms with Crippen molar-refractivity contribution >= 4 is 5.97 Å². The van der Waals surface area contributed by atoms with E-state index in [1.54, 1.807) is 0 Å². The van der Waals surface area contributed by atoms with E-state index in [4.69, 9.17) is 14.2 Å². The molecule has 0 N–H and O–H groups in total. The van der Waals surface area contributed by atoms with E-state index in [1.807, 2.05) is 0 Å². The highest BCUT2D eigenvalue weighted by atomic mass is 19.3. The number of carbonyl (C=O) groups is 1. The summed E-state index contributed by atoms with van der Waals surface area (Å²) in [4.78, 5) is 11.2. The average molecular weight is 322 g/mol. The maximum absolute atomic E-state index is 12.5. The molecule has 1 spiro atoms. The Morgan fingerprint density at radius 2 is 2.05 bits per heavy atom. The molecule has 0 aromatic heterocycles. The molecule has 0 bridgehead atoms. The third-order valence-corrected chi connectivity index (χ3v) is 3.77. The van der Waals surface area contributed by atoms with Crippen molar-refractivity contribution in [1.82, 2.24) is 0 Å². The highest BCUT2D eigenvalue weighted by molar-refractivity contribution is 5.69. The van der Waals surface area contributed by atoms with Gasteiger partial charge in [0.15, 0.2) is 12.4 Å². The molecule has 2 aliphatic rings. The van der Waals surface area contributed by atoms with Crippen molar-refractivity contribution in [2.24, 2.45) is 0 Å². The normalized spacial score (nSPS) is 24.6. The fraction of sp³-hybridized carbons (Fsp3) is 0.933. The standard InChI is InChI=1S/C15H24F2O5/c1-14(16,17)11-20-13(18)5-8-19-9-12-10-21-15(22-12)6-3-2-4-7-15/h12H,2-11H2,1H3. The summed E-state index contributed by atoms with van der Waals surface area (Å²) < 4.78 is 46.5. The van der Waals surface area contributed by atoms with Gasteiger partial charge in [0.05, 0.1) is 26.2 Å². The summed E-state index contributed by atoms with van der Waals surface area (Å²) in [5.41, 5.74) is 0. The first-order valence-electron chi connectivity index (χ1n) is 7.82. The highest BCUT2D eigenvalue weighted by Crippen LogP contribution is 2.37. The molecule has 0 radical (unpaired) electrons. The van der Waals surface area contributed by atoms with Crippen molar-refractivity contribution in [2.75, 3.05) is 26.4 Å². The van der Waals surface area contributed by atoms with Crippen LogP contribution < -0.4 is 0 Å². The molecule has 0 amide bonds. The van der Waals surface area contributed by atoms with E-state index in [-0.39, 0.29) is 19.1 Å². The smallest absolute Gasteiger partial charge is 0.308 e. The lowest BCUT2D eigenvalue weighted by Gasteiger charge is -2.31. The number of hydrogen-bond donors (Lipinski definition) is 0. The van der Waals surface area contributed by atoms with E-state index in [1.165, 1.54) is 6.42 Å². The van der Waals surface area contributed by atoms with Crippen LogP contribution in [0, 0.1) is 0 Å². The lowest BCUT2D eigenvalue weighted by molar-refractivity contribution is -0.191. The molecule has 1 atom stereocenters. The maximum atomic E-state index is 12.5. The van der Waals surface area contributed by atoms with E-state index in [2.05, 4.69) is 4.74 Å². The van der Waals surface area contributed by atoms with Gasteiger partial charge < -0.3 is 18.9 Å². The van der Waals surface area contributed by atoms with Gasteiger partial charge in [0.2, 0.25) is 0 Å². The molecule has 7 heteroatoms. The van der Waals surface area contributed by atoms with Crippen LogP contribution in [0.3, 0.4) is 0 Å². The number of hydrogen-bond acceptors (Lipinski definition) is 5. The van der Waals surface area contributed by atoms with Crippen LogP contribution in [-0.4, -0.2) is 50.2 Å². The molecule has 1 aliphatic heterocycles. The lowest BCUT2D eigenvalue weighted by atomic mass is 9.94. The molecule has 2 rings (SSSR count). The second-order valence-corrected chi connectivity index (χ2v) is 6.08. The van der Waals surface area contributed by atoms with E-state index >= 15 is 0 Å². The number of alkyl halides is 2. The largest absolute Gasteiger partial charge is 0.459 e. The summed E-state index contributed by atoms with van der Waals surface area (Å²) in [5, 5.41) is 0. The Balaban J connectivity index is 1.55. The number of halogens is 2. The zero-order chi connectivity index (χ0) is 16.1. The number of esters is 1. The first-order valence-corrected chi connectivity index (χ1v) is 7.82. The number of carbonyl (C=O) groups excluding carboxylic acids is 1. The molecule has 1 heterocycles. The van der Waals surface area contributed by atoms with Crippen LogP contribution in [-0.2, 0) is 23.7 Å². The molecule has 1 saturated heterocycles. The predicted molar refractivity (Wildman–Crippen MR) is 73.7 cm³/mol. The fourth-order valence-electron chi connectivity index (χ4n) is 2.70. The molecule has 5 nitrogen and oxygen atoms in total. The topological polar surface area (TPSA) is 54.0 Å². The maximum Gasteiger partial charge on any atom is 0.308 e. The summed E-state index contributed by atoms with van der Waals surface area (Å²) in [6.45, 7) is 0.760. The van der Waals surface area contributed by atoms with Crippen LogP contribution in [0.2, 0.25) is 0 Å². The van der Waals surface area contributed by atoms with Crippen molar-refractivity contribution in [3.05, 3.63) is 0 Å². The highest BCUT2D eigenvalue weighted by Gasteiger charge is 2.42. The second kappa shape index (κ2) is 7.66. The zero-order valence-corrected chi connectivity index (χ0v) is 12.9. The van der Waals surface area contributed by atoms with E-state index in [0.717, 1.165) is 25.7 Å². The zero-order valence-electron chi connectivity index (χ0n) is 12.9. The summed E-state index contributed by atoms with van der Waals surface area (Å²) >= 11 is 0. The molecule has 22 heavy (non-hydrogen) atoms. The molecule has 1 saturated carbocycles. The molecular formula is C15H24F2O5. The Bertz CT molecular complexity index is 363. The van der Waals surface area contributed by atoms with E-state index < -0.39 is 24.3 Å². The minimum atomic E-state index is -3.00. The molecule has 128 valence electrons. The quantitative estimate of drug-likeness (QED) is 0.533. The van der Waals surface area contributed by atoms with Gasteiger partial charge in [-0.25, -0.2) is 8.78 Å². The second-order valence-electron chi connectivity index (χ2n) is 6.08. The van der Waals surface area contributed by atoms with Gasteiger partial charge >= 0.3 is 5.97 Å². The monoisotopic (exact) mass is 322 g/mol. The third kappa shape index (κ3) is 5.78. The van der Waals surface area contributed by atoms with Crippen LogP contribution in [0.4, 0.5) is 8.78 Å². The predicted octanol–water partition coefficient (Wildman–Crippen LogP) is 2.67. The van der Waals surface area contributed by atoms with E-state index in [9.17, 15) is 13.6 Å². The van der Waals surface area contributed by atoms with Gasteiger partial charge in [0.1, 0.15) is 6.10 Å². The molecule has 0 aromatic carbocycles. The minimum Gasteiger partial charge on any atom is -0.459 e. The summed E-state index contributed by atoms with van der Waals surface area (Å²) in [6.07, 6.45) is 5.10. The first kappa shape index (κ1) is 17.6. The van der Waals surface area contributed by atoms with E-state index in [0.29, 0.717) is 20.1 Å². The molecule has 1 unspecified atom stereocenters. The Labute approximate surface area is 129 Å². The Morgan fingerprint density at radius 1 is 1.32 bits per heavy atom.